The van der Waals surface area contributed by atoms with Crippen LogP contribution in [0.2, 0.25) is 0 Å². The molecule has 3 heterocycles. The maximum Gasteiger partial charge on any atom is 0.255 e. The molecule has 0 amide bonds. The molecule has 0 fully saturated rings. The van der Waals surface area contributed by atoms with E-state index in [4.69, 9.17) is 13.9 Å². The Hall–Kier alpha value is -3.55. The summed E-state index contributed by atoms with van der Waals surface area (Å²) in [6, 6.07) is 11.2. The first-order valence-electron chi connectivity index (χ1n) is 9.13. The molecule has 4 rings (SSSR count). The highest BCUT2D eigenvalue weighted by atomic mass is 16.5. The van der Waals surface area contributed by atoms with Crippen LogP contribution in [0.15, 0.2) is 47.1 Å². The van der Waals surface area contributed by atoms with Crippen molar-refractivity contribution in [3.8, 4) is 23.1 Å². The third-order valence-electron chi connectivity index (χ3n) is 4.01. The van der Waals surface area contributed by atoms with Crippen LogP contribution in [0.3, 0.4) is 0 Å². The van der Waals surface area contributed by atoms with Crippen molar-refractivity contribution in [2.24, 2.45) is 0 Å². The summed E-state index contributed by atoms with van der Waals surface area (Å²) in [5.74, 6) is 3.72. The first-order chi connectivity index (χ1) is 13.7. The second kappa shape index (κ2) is 7.59. The van der Waals surface area contributed by atoms with E-state index < -0.39 is 0 Å². The summed E-state index contributed by atoms with van der Waals surface area (Å²) in [6.45, 7) is 6.94. The molecule has 0 unspecified atom stereocenters. The second-order valence-corrected chi connectivity index (χ2v) is 6.06. The topological polar surface area (TPSA) is 86.7 Å². The molecule has 0 aliphatic rings. The summed E-state index contributed by atoms with van der Waals surface area (Å²) < 4.78 is 18.4. The fourth-order valence-electron chi connectivity index (χ4n) is 2.87. The lowest BCUT2D eigenvalue weighted by molar-refractivity contribution is 0.332. The quantitative estimate of drug-likeness (QED) is 0.514. The highest BCUT2D eigenvalue weighted by molar-refractivity contribution is 5.68. The number of furan rings is 1. The van der Waals surface area contributed by atoms with Crippen LogP contribution in [0, 0.1) is 6.92 Å². The van der Waals surface area contributed by atoms with E-state index in [1.807, 2.05) is 51.1 Å². The fourth-order valence-corrected chi connectivity index (χ4v) is 2.87. The van der Waals surface area contributed by atoms with Crippen molar-refractivity contribution in [1.29, 1.82) is 0 Å². The van der Waals surface area contributed by atoms with E-state index >= 15 is 0 Å². The van der Waals surface area contributed by atoms with Crippen molar-refractivity contribution in [2.45, 2.75) is 20.8 Å². The number of hydrogen-bond acceptors (Lipinski definition) is 7. The van der Waals surface area contributed by atoms with Gasteiger partial charge in [0.1, 0.15) is 17.3 Å². The molecule has 4 aromatic rings. The number of anilines is 2. The molecule has 0 bridgehead atoms. The predicted octanol–water partition coefficient (Wildman–Crippen LogP) is 4.23. The molecule has 0 spiro atoms. The standard InChI is InChI=1S/C20H21N5O3/c1-4-26-14-8-9-16(27-5-2)15(12-14)22-18-11-13(3)21-20-23-19(24-25(18)20)17-7-6-10-28-17/h6-12,22H,4-5H2,1-3H3. The average molecular weight is 379 g/mol. The molecule has 0 radical (unpaired) electrons. The predicted molar refractivity (Wildman–Crippen MR) is 105 cm³/mol. The molecule has 1 N–H and O–H groups in total. The zero-order valence-electron chi connectivity index (χ0n) is 16.0. The molecular weight excluding hydrogens is 358 g/mol. The maximum absolute atomic E-state index is 5.75. The van der Waals surface area contributed by atoms with Crippen molar-refractivity contribution in [2.75, 3.05) is 18.5 Å². The molecule has 8 nitrogen and oxygen atoms in total. The lowest BCUT2D eigenvalue weighted by Gasteiger charge is -2.15. The molecule has 144 valence electrons. The van der Waals surface area contributed by atoms with Gasteiger partial charge in [-0.2, -0.15) is 9.50 Å². The highest BCUT2D eigenvalue weighted by Crippen LogP contribution is 2.32. The number of ether oxygens (including phenoxy) is 2. The number of nitrogens with one attached hydrogen (secondary N) is 1. The zero-order chi connectivity index (χ0) is 19.5. The number of benzene rings is 1. The van der Waals surface area contributed by atoms with E-state index in [1.54, 1.807) is 16.8 Å². The third kappa shape index (κ3) is 3.48. The number of hydrogen-bond donors (Lipinski definition) is 1. The lowest BCUT2D eigenvalue weighted by Crippen LogP contribution is -2.05. The van der Waals surface area contributed by atoms with Crippen molar-refractivity contribution in [3.63, 3.8) is 0 Å². The zero-order valence-corrected chi connectivity index (χ0v) is 16.0. The van der Waals surface area contributed by atoms with E-state index in [1.165, 1.54) is 0 Å². The molecule has 0 aliphatic carbocycles. The van der Waals surface area contributed by atoms with Crippen LogP contribution < -0.4 is 14.8 Å². The molecule has 3 aromatic heterocycles. The molecule has 28 heavy (non-hydrogen) atoms. The number of rotatable bonds is 7. The van der Waals surface area contributed by atoms with Crippen LogP contribution in [0.25, 0.3) is 17.4 Å². The van der Waals surface area contributed by atoms with Crippen LogP contribution in [-0.2, 0) is 0 Å². The lowest BCUT2D eigenvalue weighted by atomic mass is 10.2. The summed E-state index contributed by atoms with van der Waals surface area (Å²) in [4.78, 5) is 8.94. The molecule has 1 aromatic carbocycles. The van der Waals surface area contributed by atoms with Crippen LogP contribution in [-0.4, -0.2) is 32.8 Å². The van der Waals surface area contributed by atoms with Gasteiger partial charge >= 0.3 is 0 Å². The summed E-state index contributed by atoms with van der Waals surface area (Å²) in [5.41, 5.74) is 1.59. The van der Waals surface area contributed by atoms with Crippen LogP contribution in [0.4, 0.5) is 11.5 Å². The van der Waals surface area contributed by atoms with Gasteiger partial charge in [-0.05, 0) is 45.0 Å². The number of fused-ring (bicyclic) bond motifs is 1. The van der Waals surface area contributed by atoms with E-state index in [0.29, 0.717) is 36.4 Å². The number of aromatic nitrogens is 4. The average Bonchev–Trinajstić information content (AvgIpc) is 3.33. The van der Waals surface area contributed by atoms with Crippen LogP contribution in [0.1, 0.15) is 19.5 Å². The molecule has 0 atom stereocenters. The maximum atomic E-state index is 5.75. The Kier molecular flexibility index (Phi) is 4.84. The Labute approximate surface area is 162 Å². The minimum absolute atomic E-state index is 0.472. The highest BCUT2D eigenvalue weighted by Gasteiger charge is 2.15. The summed E-state index contributed by atoms with van der Waals surface area (Å²) >= 11 is 0. The van der Waals surface area contributed by atoms with Crippen molar-refractivity contribution < 1.29 is 13.9 Å². The van der Waals surface area contributed by atoms with E-state index in [0.717, 1.165) is 22.9 Å². The van der Waals surface area contributed by atoms with Gasteiger partial charge in [0.05, 0.1) is 25.2 Å². The van der Waals surface area contributed by atoms with Crippen LogP contribution >= 0.6 is 0 Å². The Bertz CT molecular complexity index is 1090. The minimum atomic E-state index is 0.472. The van der Waals surface area contributed by atoms with Gasteiger partial charge in [0.25, 0.3) is 5.78 Å². The third-order valence-corrected chi connectivity index (χ3v) is 4.01. The monoisotopic (exact) mass is 379 g/mol. The molecule has 0 saturated heterocycles. The van der Waals surface area contributed by atoms with Gasteiger partial charge in [0.15, 0.2) is 5.76 Å². The van der Waals surface area contributed by atoms with Gasteiger partial charge in [-0.25, -0.2) is 4.98 Å². The summed E-state index contributed by atoms with van der Waals surface area (Å²) in [7, 11) is 0. The van der Waals surface area contributed by atoms with Gasteiger partial charge in [0.2, 0.25) is 5.82 Å². The minimum Gasteiger partial charge on any atom is -0.494 e. The fraction of sp³-hybridized carbons (Fsp3) is 0.250. The van der Waals surface area contributed by atoms with E-state index in [9.17, 15) is 0 Å². The van der Waals surface area contributed by atoms with Crippen molar-refractivity contribution in [3.05, 3.63) is 48.4 Å². The largest absolute Gasteiger partial charge is 0.494 e. The molecular formula is C20H21N5O3. The number of aryl methyl sites for hydroxylation is 1. The van der Waals surface area contributed by atoms with Crippen LogP contribution in [0.5, 0.6) is 11.5 Å². The Morgan fingerprint density at radius 2 is 1.93 bits per heavy atom. The second-order valence-electron chi connectivity index (χ2n) is 6.06. The smallest absolute Gasteiger partial charge is 0.255 e. The van der Waals surface area contributed by atoms with Crippen molar-refractivity contribution >= 4 is 17.3 Å². The summed E-state index contributed by atoms with van der Waals surface area (Å²) in [5, 5.41) is 7.93. The van der Waals surface area contributed by atoms with Gasteiger partial charge in [0, 0.05) is 17.8 Å². The first-order valence-corrected chi connectivity index (χ1v) is 9.13. The summed E-state index contributed by atoms with van der Waals surface area (Å²) in [6.07, 6.45) is 1.59. The van der Waals surface area contributed by atoms with E-state index in [2.05, 4.69) is 20.4 Å². The number of nitrogens with zero attached hydrogens (tertiary/aromatic N) is 4. The van der Waals surface area contributed by atoms with E-state index in [-0.39, 0.29) is 0 Å². The van der Waals surface area contributed by atoms with Gasteiger partial charge < -0.3 is 19.2 Å². The van der Waals surface area contributed by atoms with Gasteiger partial charge in [-0.1, -0.05) is 0 Å². The SMILES string of the molecule is CCOc1ccc(OCC)c(Nc2cc(C)nc3nc(-c4ccco4)nn23)c1. The van der Waals surface area contributed by atoms with Crippen molar-refractivity contribution in [1.82, 2.24) is 19.6 Å². The Morgan fingerprint density at radius 1 is 1.07 bits per heavy atom. The molecule has 0 aliphatic heterocycles. The Morgan fingerprint density at radius 3 is 2.68 bits per heavy atom. The molecule has 8 heteroatoms. The molecule has 0 saturated carbocycles. The van der Waals surface area contributed by atoms with Gasteiger partial charge in [-0.3, -0.25) is 0 Å². The Balaban J connectivity index is 1.78. The van der Waals surface area contributed by atoms with Gasteiger partial charge in [-0.15, -0.1) is 5.10 Å². The first kappa shape index (κ1) is 17.8. The normalized spacial score (nSPS) is 11.0.